The first-order valence-corrected chi connectivity index (χ1v) is 23.4. The number of rotatable bonds is 6. The summed E-state index contributed by atoms with van der Waals surface area (Å²) in [5, 5.41) is 13.5. The Bertz CT molecular complexity index is 3240. The first-order chi connectivity index (χ1) is 31.1. The van der Waals surface area contributed by atoms with Crippen LogP contribution in [-0.4, -0.2) is 19.6 Å². The van der Waals surface area contributed by atoms with Crippen molar-refractivity contribution in [1.29, 1.82) is 0 Å². The van der Waals surface area contributed by atoms with E-state index < -0.39 is 0 Å². The fourth-order valence-electron chi connectivity index (χ4n) is 8.98. The Kier molecular flexibility index (Phi) is 11.0. The van der Waals surface area contributed by atoms with E-state index in [1.165, 1.54) is 49.7 Å². The lowest BCUT2D eigenvalue weighted by molar-refractivity contribution is 0.477. The number of phenols is 1. The number of aromatic hydroxyl groups is 1. The Morgan fingerprint density at radius 1 is 0.379 bits per heavy atom. The number of benzene rings is 6. The average Bonchev–Trinajstić information content (AvgIpc) is 3.61. The second kappa shape index (κ2) is 16.3. The summed E-state index contributed by atoms with van der Waals surface area (Å²) in [7, 11) is 0. The van der Waals surface area contributed by atoms with Crippen LogP contribution in [0.15, 0.2) is 158 Å². The molecule has 0 spiro atoms. The van der Waals surface area contributed by atoms with Crippen molar-refractivity contribution in [2.24, 2.45) is 0 Å². The van der Waals surface area contributed by atoms with E-state index in [0.29, 0.717) is 5.56 Å². The average molecular weight is 866 g/mol. The van der Waals surface area contributed by atoms with E-state index in [1.54, 1.807) is 6.07 Å². The van der Waals surface area contributed by atoms with Gasteiger partial charge in [-0.2, -0.15) is 0 Å². The first kappa shape index (κ1) is 44.4. The van der Waals surface area contributed by atoms with Crippen molar-refractivity contribution in [3.8, 4) is 67.5 Å². The molecule has 0 aliphatic heterocycles. The van der Waals surface area contributed by atoms with Gasteiger partial charge in [-0.05, 0) is 139 Å². The van der Waals surface area contributed by atoms with Crippen LogP contribution < -0.4 is 0 Å². The predicted molar refractivity (Wildman–Crippen MR) is 280 cm³/mol. The molecule has 3 heterocycles. The Labute approximate surface area is 392 Å². The highest BCUT2D eigenvalue weighted by atomic mass is 16.3. The van der Waals surface area contributed by atoms with Crippen LogP contribution in [-0.2, 0) is 21.7 Å². The fraction of sp³-hybridized carbons (Fsp3) is 0.258. The molecule has 9 aromatic rings. The Morgan fingerprint density at radius 3 is 1.53 bits per heavy atom. The van der Waals surface area contributed by atoms with Gasteiger partial charge >= 0.3 is 0 Å². The van der Waals surface area contributed by atoms with Gasteiger partial charge in [-0.3, -0.25) is 4.98 Å². The van der Waals surface area contributed by atoms with Crippen molar-refractivity contribution in [2.45, 2.75) is 105 Å². The molecule has 9 rings (SSSR count). The standard InChI is InChI=1S/C62H63N3O/c1-59(2,3)45-29-43(30-46(35-45)60(4,5)6)44-33-54(64-55(34-44)51-21-14-16-23-58(51)66)42-19-17-18-41(28-42)53-32-40(26-27-63-53)39-24-25-57-52(31-39)50-20-13-15-22-56(50)65(57)49-37-47(61(7,8)9)36-48(38-49)62(10,11)12/h13-38,66H,1-12H3. The maximum atomic E-state index is 11.1. The molecule has 6 aromatic carbocycles. The van der Waals surface area contributed by atoms with Gasteiger partial charge < -0.3 is 9.67 Å². The molecule has 4 heteroatoms. The van der Waals surface area contributed by atoms with Gasteiger partial charge in [0.25, 0.3) is 0 Å². The summed E-state index contributed by atoms with van der Waals surface area (Å²) in [5.41, 5.74) is 18.3. The second-order valence-corrected chi connectivity index (χ2v) is 22.3. The number of pyridine rings is 2. The maximum Gasteiger partial charge on any atom is 0.124 e. The summed E-state index contributed by atoms with van der Waals surface area (Å²) in [6, 6.07) is 54.4. The van der Waals surface area contributed by atoms with Gasteiger partial charge in [-0.15, -0.1) is 0 Å². The van der Waals surface area contributed by atoms with Gasteiger partial charge in [0.15, 0.2) is 0 Å². The van der Waals surface area contributed by atoms with Crippen molar-refractivity contribution in [3.63, 3.8) is 0 Å². The summed E-state index contributed by atoms with van der Waals surface area (Å²) < 4.78 is 2.45. The van der Waals surface area contributed by atoms with Crippen molar-refractivity contribution in [2.75, 3.05) is 0 Å². The quantitative estimate of drug-likeness (QED) is 0.181. The lowest BCUT2D eigenvalue weighted by atomic mass is 9.79. The third-order valence-electron chi connectivity index (χ3n) is 13.1. The van der Waals surface area contributed by atoms with Crippen LogP contribution >= 0.6 is 0 Å². The Balaban J connectivity index is 1.14. The minimum atomic E-state index is -0.0397. The minimum absolute atomic E-state index is 0.00521. The first-order valence-electron chi connectivity index (χ1n) is 23.4. The molecule has 4 nitrogen and oxygen atoms in total. The molecule has 0 fully saturated rings. The van der Waals surface area contributed by atoms with Gasteiger partial charge in [0, 0.05) is 39.3 Å². The third-order valence-corrected chi connectivity index (χ3v) is 13.1. The zero-order valence-corrected chi connectivity index (χ0v) is 40.8. The van der Waals surface area contributed by atoms with Crippen LogP contribution in [0.25, 0.3) is 83.5 Å². The second-order valence-electron chi connectivity index (χ2n) is 22.3. The summed E-state index contributed by atoms with van der Waals surface area (Å²) in [6.45, 7) is 27.4. The van der Waals surface area contributed by atoms with Crippen LogP contribution in [0.3, 0.4) is 0 Å². The van der Waals surface area contributed by atoms with Crippen molar-refractivity contribution < 1.29 is 5.11 Å². The van der Waals surface area contributed by atoms with Crippen LogP contribution in [0, 0.1) is 0 Å². The van der Waals surface area contributed by atoms with Gasteiger partial charge in [0.2, 0.25) is 0 Å². The monoisotopic (exact) mass is 865 g/mol. The largest absolute Gasteiger partial charge is 0.507 e. The topological polar surface area (TPSA) is 50.9 Å². The van der Waals surface area contributed by atoms with Gasteiger partial charge in [-0.1, -0.05) is 162 Å². The summed E-state index contributed by atoms with van der Waals surface area (Å²) in [4.78, 5) is 10.2. The fourth-order valence-corrected chi connectivity index (χ4v) is 8.98. The summed E-state index contributed by atoms with van der Waals surface area (Å²) >= 11 is 0. The van der Waals surface area contributed by atoms with E-state index >= 15 is 0 Å². The molecule has 0 unspecified atom stereocenters. The molecule has 0 amide bonds. The number of phenolic OH excluding ortho intramolecular Hbond substituents is 1. The Morgan fingerprint density at radius 2 is 0.894 bits per heavy atom. The number of hydrogen-bond acceptors (Lipinski definition) is 3. The summed E-state index contributed by atoms with van der Waals surface area (Å²) in [5.74, 6) is 0.203. The molecule has 1 N–H and O–H groups in total. The molecule has 3 aromatic heterocycles. The highest BCUT2D eigenvalue weighted by molar-refractivity contribution is 6.10. The molecule has 0 atom stereocenters. The highest BCUT2D eigenvalue weighted by Gasteiger charge is 2.24. The van der Waals surface area contributed by atoms with Crippen molar-refractivity contribution in [1.82, 2.24) is 14.5 Å². The number of aromatic nitrogens is 3. The zero-order chi connectivity index (χ0) is 46.9. The smallest absolute Gasteiger partial charge is 0.124 e. The van der Waals surface area contributed by atoms with Crippen LogP contribution in [0.2, 0.25) is 0 Å². The molecule has 332 valence electrons. The van der Waals surface area contributed by atoms with E-state index in [9.17, 15) is 5.11 Å². The maximum absolute atomic E-state index is 11.1. The van der Waals surface area contributed by atoms with Gasteiger partial charge in [0.1, 0.15) is 5.75 Å². The molecule has 0 aliphatic carbocycles. The molecule has 0 bridgehead atoms. The zero-order valence-electron chi connectivity index (χ0n) is 40.8. The van der Waals surface area contributed by atoms with Crippen molar-refractivity contribution >= 4 is 21.8 Å². The molecule has 0 saturated heterocycles. The Hall–Kier alpha value is -6.78. The molecular formula is C62H63N3O. The molecular weight excluding hydrogens is 803 g/mol. The van der Waals surface area contributed by atoms with E-state index in [-0.39, 0.29) is 27.4 Å². The highest BCUT2D eigenvalue weighted by Crippen LogP contribution is 2.41. The van der Waals surface area contributed by atoms with Gasteiger partial charge in [0.05, 0.1) is 28.1 Å². The minimum Gasteiger partial charge on any atom is -0.507 e. The van der Waals surface area contributed by atoms with E-state index in [0.717, 1.165) is 50.5 Å². The molecule has 0 saturated carbocycles. The van der Waals surface area contributed by atoms with Crippen LogP contribution in [0.1, 0.15) is 105 Å². The van der Waals surface area contributed by atoms with Gasteiger partial charge in [-0.25, -0.2) is 4.98 Å². The van der Waals surface area contributed by atoms with E-state index in [2.05, 4.69) is 215 Å². The normalized spacial score (nSPS) is 12.6. The lowest BCUT2D eigenvalue weighted by Crippen LogP contribution is -2.17. The predicted octanol–water partition coefficient (Wildman–Crippen LogP) is 16.8. The number of nitrogens with zero attached hydrogens (tertiary/aromatic N) is 3. The van der Waals surface area contributed by atoms with Crippen molar-refractivity contribution in [3.05, 3.63) is 180 Å². The van der Waals surface area contributed by atoms with Crippen LogP contribution in [0.5, 0.6) is 5.75 Å². The third kappa shape index (κ3) is 8.70. The molecule has 66 heavy (non-hydrogen) atoms. The molecule has 0 aliphatic rings. The van der Waals surface area contributed by atoms with Crippen LogP contribution in [0.4, 0.5) is 0 Å². The number of fused-ring (bicyclic) bond motifs is 3. The lowest BCUT2D eigenvalue weighted by Gasteiger charge is -2.26. The SMILES string of the molecule is CC(C)(C)c1cc(-c2cc(-c3cccc(-c4cc(-c5ccc6c(c5)c5ccccc5n6-c5cc(C(C)(C)C)cc(C(C)(C)C)c5)ccn4)c3)nc(-c3ccccc3O)c2)cc(C(C)(C)C)c1. The number of para-hydroxylation sites is 2. The van der Waals surface area contributed by atoms with E-state index in [1.807, 2.05) is 24.4 Å². The summed E-state index contributed by atoms with van der Waals surface area (Å²) in [6.07, 6.45) is 1.92. The molecule has 0 radical (unpaired) electrons. The number of hydrogen-bond donors (Lipinski definition) is 1. The van der Waals surface area contributed by atoms with E-state index in [4.69, 9.17) is 9.97 Å².